The van der Waals surface area contributed by atoms with Crippen LogP contribution in [0.2, 0.25) is 0 Å². The summed E-state index contributed by atoms with van der Waals surface area (Å²) in [5.74, 6) is 0.348. The van der Waals surface area contributed by atoms with Crippen LogP contribution in [0, 0.1) is 5.41 Å². The van der Waals surface area contributed by atoms with E-state index >= 15 is 0 Å². The molecule has 0 saturated carbocycles. The van der Waals surface area contributed by atoms with Crippen molar-refractivity contribution in [1.29, 1.82) is 0 Å². The average molecular weight is 462 g/mol. The van der Waals surface area contributed by atoms with Crippen LogP contribution >= 0.6 is 0 Å². The molecular weight excluding hydrogens is 431 g/mol. The average Bonchev–Trinajstić information content (AvgIpc) is 2.75. The van der Waals surface area contributed by atoms with Crippen LogP contribution in [-0.2, 0) is 11.2 Å². The van der Waals surface area contributed by atoms with E-state index in [1.807, 2.05) is 31.2 Å². The van der Waals surface area contributed by atoms with Gasteiger partial charge in [-0.3, -0.25) is 4.79 Å². The summed E-state index contributed by atoms with van der Waals surface area (Å²) < 4.78 is 37.4. The standard InChI is InChI=1S/C25H30F3N3O2/c1-17(2)19-6-10-20(11-7-19)29-22(32)24(3)12-14-31(15-13-24)23(33)30-21-8-4-18(5-9-21)16-25(26,27)28/h4-11,17H,12-16H2,1-3H3,(H,29,32)(H,30,33). The van der Waals surface area contributed by atoms with Crippen LogP contribution in [0.3, 0.4) is 0 Å². The van der Waals surface area contributed by atoms with E-state index in [0.29, 0.717) is 37.5 Å². The molecule has 0 radical (unpaired) electrons. The van der Waals surface area contributed by atoms with Crippen LogP contribution in [-0.4, -0.2) is 36.1 Å². The van der Waals surface area contributed by atoms with Gasteiger partial charge in [0.05, 0.1) is 11.8 Å². The van der Waals surface area contributed by atoms with Crippen LogP contribution in [0.1, 0.15) is 50.7 Å². The van der Waals surface area contributed by atoms with Crippen molar-refractivity contribution in [3.8, 4) is 0 Å². The fourth-order valence-electron chi connectivity index (χ4n) is 3.80. The number of benzene rings is 2. The van der Waals surface area contributed by atoms with E-state index in [1.54, 1.807) is 4.90 Å². The number of halogens is 3. The van der Waals surface area contributed by atoms with E-state index in [-0.39, 0.29) is 17.5 Å². The lowest BCUT2D eigenvalue weighted by atomic mass is 9.79. The van der Waals surface area contributed by atoms with Crippen molar-refractivity contribution in [2.45, 2.75) is 52.1 Å². The molecule has 0 atom stereocenters. The van der Waals surface area contributed by atoms with E-state index < -0.39 is 18.0 Å². The molecule has 1 aliphatic heterocycles. The maximum Gasteiger partial charge on any atom is 0.393 e. The topological polar surface area (TPSA) is 61.4 Å². The maximum absolute atomic E-state index is 12.9. The Morgan fingerprint density at radius 1 is 0.939 bits per heavy atom. The molecule has 3 amide bonds. The molecule has 2 aromatic rings. The van der Waals surface area contributed by atoms with Gasteiger partial charge in [0, 0.05) is 24.5 Å². The van der Waals surface area contributed by atoms with Crippen molar-refractivity contribution in [1.82, 2.24) is 4.90 Å². The summed E-state index contributed by atoms with van der Waals surface area (Å²) in [6.45, 7) is 6.95. The minimum Gasteiger partial charge on any atom is -0.326 e. The highest BCUT2D eigenvalue weighted by Crippen LogP contribution is 2.33. The van der Waals surface area contributed by atoms with Gasteiger partial charge in [-0.05, 0) is 54.2 Å². The van der Waals surface area contributed by atoms with Crippen molar-refractivity contribution in [3.05, 3.63) is 59.7 Å². The molecule has 0 aromatic heterocycles. The number of rotatable bonds is 5. The molecule has 2 N–H and O–H groups in total. The van der Waals surface area contributed by atoms with Crippen molar-refractivity contribution in [3.63, 3.8) is 0 Å². The Kier molecular flexibility index (Phi) is 7.34. The lowest BCUT2D eigenvalue weighted by Crippen LogP contribution is -2.48. The molecule has 1 saturated heterocycles. The second-order valence-electron chi connectivity index (χ2n) is 9.20. The molecule has 1 aliphatic rings. The Labute approximate surface area is 192 Å². The summed E-state index contributed by atoms with van der Waals surface area (Å²) in [6.07, 6.45) is -4.24. The number of likely N-dealkylation sites (tertiary alicyclic amines) is 1. The van der Waals surface area contributed by atoms with Crippen LogP contribution in [0.25, 0.3) is 0 Å². The number of piperidine rings is 1. The molecule has 8 heteroatoms. The number of hydrogen-bond donors (Lipinski definition) is 2. The Morgan fingerprint density at radius 2 is 1.45 bits per heavy atom. The summed E-state index contributed by atoms with van der Waals surface area (Å²) in [7, 11) is 0. The van der Waals surface area contributed by atoms with E-state index in [1.165, 1.54) is 29.8 Å². The molecule has 5 nitrogen and oxygen atoms in total. The third-order valence-electron chi connectivity index (χ3n) is 6.15. The first-order chi connectivity index (χ1) is 15.4. The number of urea groups is 1. The lowest BCUT2D eigenvalue weighted by molar-refractivity contribution is -0.127. The first-order valence-corrected chi connectivity index (χ1v) is 11.1. The zero-order valence-corrected chi connectivity index (χ0v) is 19.1. The highest BCUT2D eigenvalue weighted by Gasteiger charge is 2.38. The molecule has 33 heavy (non-hydrogen) atoms. The first-order valence-electron chi connectivity index (χ1n) is 11.1. The quantitative estimate of drug-likeness (QED) is 0.558. The number of carbonyl (C=O) groups is 2. The van der Waals surface area contributed by atoms with Crippen molar-refractivity contribution >= 4 is 23.3 Å². The molecular formula is C25H30F3N3O2. The molecule has 1 heterocycles. The monoisotopic (exact) mass is 461 g/mol. The Bertz CT molecular complexity index is 962. The van der Waals surface area contributed by atoms with E-state index in [0.717, 1.165) is 5.69 Å². The molecule has 3 rings (SSSR count). The first kappa shape index (κ1) is 24.6. The van der Waals surface area contributed by atoms with Gasteiger partial charge in [0.15, 0.2) is 0 Å². The smallest absolute Gasteiger partial charge is 0.326 e. The fraction of sp³-hybridized carbons (Fsp3) is 0.440. The Balaban J connectivity index is 1.51. The fourth-order valence-corrected chi connectivity index (χ4v) is 3.80. The van der Waals surface area contributed by atoms with Crippen molar-refractivity contribution in [2.75, 3.05) is 23.7 Å². The molecule has 2 aromatic carbocycles. The number of nitrogens with one attached hydrogen (secondary N) is 2. The van der Waals surface area contributed by atoms with Gasteiger partial charge in [-0.25, -0.2) is 4.79 Å². The van der Waals surface area contributed by atoms with Crippen LogP contribution in [0.15, 0.2) is 48.5 Å². The summed E-state index contributed by atoms with van der Waals surface area (Å²) in [6, 6.07) is 13.1. The highest BCUT2D eigenvalue weighted by atomic mass is 19.4. The minimum atomic E-state index is -4.27. The van der Waals surface area contributed by atoms with E-state index in [4.69, 9.17) is 0 Å². The minimum absolute atomic E-state index is 0.0693. The predicted molar refractivity (Wildman–Crippen MR) is 123 cm³/mol. The Hall–Kier alpha value is -3.03. The number of amides is 3. The second kappa shape index (κ2) is 9.85. The van der Waals surface area contributed by atoms with Crippen LogP contribution in [0.4, 0.5) is 29.3 Å². The third-order valence-corrected chi connectivity index (χ3v) is 6.15. The number of anilines is 2. The van der Waals surface area contributed by atoms with Gasteiger partial charge in [0.25, 0.3) is 0 Å². The molecule has 0 unspecified atom stereocenters. The van der Waals surface area contributed by atoms with Gasteiger partial charge in [-0.1, -0.05) is 45.0 Å². The zero-order chi connectivity index (χ0) is 24.2. The summed E-state index contributed by atoms with van der Waals surface area (Å²) in [5.41, 5.74) is 1.93. The normalized spacial score (nSPS) is 15.9. The van der Waals surface area contributed by atoms with Crippen LogP contribution < -0.4 is 10.6 Å². The number of nitrogens with zero attached hydrogens (tertiary/aromatic N) is 1. The van der Waals surface area contributed by atoms with Gasteiger partial charge in [-0.15, -0.1) is 0 Å². The third kappa shape index (κ3) is 6.73. The van der Waals surface area contributed by atoms with Gasteiger partial charge in [0.1, 0.15) is 0 Å². The SMILES string of the molecule is CC(C)c1ccc(NC(=O)C2(C)CCN(C(=O)Nc3ccc(CC(F)(F)F)cc3)CC2)cc1. The largest absolute Gasteiger partial charge is 0.393 e. The number of carbonyl (C=O) groups excluding carboxylic acids is 2. The van der Waals surface area contributed by atoms with E-state index in [9.17, 15) is 22.8 Å². The predicted octanol–water partition coefficient (Wildman–Crippen LogP) is 6.19. The zero-order valence-electron chi connectivity index (χ0n) is 19.1. The summed E-state index contributed by atoms with van der Waals surface area (Å²) >= 11 is 0. The van der Waals surface area contributed by atoms with Crippen molar-refractivity contribution in [2.24, 2.45) is 5.41 Å². The van der Waals surface area contributed by atoms with Gasteiger partial charge in [-0.2, -0.15) is 13.2 Å². The molecule has 178 valence electrons. The highest BCUT2D eigenvalue weighted by molar-refractivity contribution is 5.95. The van der Waals surface area contributed by atoms with Gasteiger partial charge >= 0.3 is 12.2 Å². The molecule has 1 fully saturated rings. The lowest BCUT2D eigenvalue weighted by Gasteiger charge is -2.38. The molecule has 0 spiro atoms. The summed E-state index contributed by atoms with van der Waals surface area (Å²) in [5, 5.41) is 5.70. The van der Waals surface area contributed by atoms with Gasteiger partial charge < -0.3 is 15.5 Å². The van der Waals surface area contributed by atoms with Crippen LogP contribution in [0.5, 0.6) is 0 Å². The van der Waals surface area contributed by atoms with Crippen molar-refractivity contribution < 1.29 is 22.8 Å². The number of hydrogen-bond acceptors (Lipinski definition) is 2. The molecule has 0 aliphatic carbocycles. The molecule has 0 bridgehead atoms. The second-order valence-corrected chi connectivity index (χ2v) is 9.20. The number of alkyl halides is 3. The Morgan fingerprint density at radius 3 is 1.97 bits per heavy atom. The van der Waals surface area contributed by atoms with Gasteiger partial charge in [0.2, 0.25) is 5.91 Å². The summed E-state index contributed by atoms with van der Waals surface area (Å²) in [4.78, 5) is 27.1. The van der Waals surface area contributed by atoms with E-state index in [2.05, 4.69) is 24.5 Å². The maximum atomic E-state index is 12.9.